The van der Waals surface area contributed by atoms with Crippen LogP contribution in [0.25, 0.3) is 0 Å². The molecular weight excluding hydrogens is 889 g/mol. The zero-order chi connectivity index (χ0) is 52.2. The molecule has 1 unspecified atom stereocenters. The molecule has 0 bridgehead atoms. The predicted octanol–water partition coefficient (Wildman–Crippen LogP) is 21.6. The minimum Gasteiger partial charge on any atom is -0.462 e. The van der Waals surface area contributed by atoms with Gasteiger partial charge in [-0.2, -0.15) is 0 Å². The minimum atomic E-state index is -0.777. The summed E-state index contributed by atoms with van der Waals surface area (Å²) >= 11 is 0. The van der Waals surface area contributed by atoms with Gasteiger partial charge in [-0.3, -0.25) is 14.4 Å². The van der Waals surface area contributed by atoms with Crippen LogP contribution < -0.4 is 0 Å². The van der Waals surface area contributed by atoms with E-state index in [2.05, 4.69) is 57.2 Å². The van der Waals surface area contributed by atoms with Gasteiger partial charge in [-0.25, -0.2) is 0 Å². The highest BCUT2D eigenvalue weighted by atomic mass is 16.6. The van der Waals surface area contributed by atoms with Gasteiger partial charge in [0.05, 0.1) is 0 Å². The lowest BCUT2D eigenvalue weighted by Crippen LogP contribution is -2.30. The van der Waals surface area contributed by atoms with Crippen LogP contribution in [-0.2, 0) is 28.6 Å². The number of allylic oxidation sites excluding steroid dienone is 6. The molecule has 0 aromatic rings. The van der Waals surface area contributed by atoms with Crippen molar-refractivity contribution in [2.75, 3.05) is 13.2 Å². The van der Waals surface area contributed by atoms with E-state index >= 15 is 0 Å². The number of unbranched alkanes of at least 4 members (excludes halogenated alkanes) is 42. The Bertz CT molecular complexity index is 1210. The zero-order valence-corrected chi connectivity index (χ0v) is 48.5. The molecule has 0 N–H and O–H groups in total. The monoisotopic (exact) mass is 1010 g/mol. The van der Waals surface area contributed by atoms with Gasteiger partial charge in [0.1, 0.15) is 13.2 Å². The van der Waals surface area contributed by atoms with Gasteiger partial charge in [0.15, 0.2) is 6.10 Å². The summed E-state index contributed by atoms with van der Waals surface area (Å²) in [6, 6.07) is 0. The van der Waals surface area contributed by atoms with Gasteiger partial charge in [-0.05, 0) is 77.0 Å². The average Bonchev–Trinajstić information content (AvgIpc) is 3.38. The van der Waals surface area contributed by atoms with E-state index in [4.69, 9.17) is 14.2 Å². The van der Waals surface area contributed by atoms with Crippen LogP contribution in [0.15, 0.2) is 36.5 Å². The summed E-state index contributed by atoms with van der Waals surface area (Å²) in [7, 11) is 0. The normalized spacial score (nSPS) is 12.2. The van der Waals surface area contributed by atoms with E-state index < -0.39 is 6.10 Å². The molecule has 72 heavy (non-hydrogen) atoms. The number of carbonyl (C=O) groups excluding carboxylic acids is 3. The first-order valence-electron chi connectivity index (χ1n) is 32.0. The Morgan fingerprint density at radius 1 is 0.278 bits per heavy atom. The van der Waals surface area contributed by atoms with Crippen molar-refractivity contribution < 1.29 is 28.6 Å². The Morgan fingerprint density at radius 2 is 0.500 bits per heavy atom. The third kappa shape index (κ3) is 58.5. The molecule has 0 aliphatic carbocycles. The Labute approximate surface area is 448 Å². The first-order valence-corrected chi connectivity index (χ1v) is 32.0. The predicted molar refractivity (Wildman–Crippen MR) is 312 cm³/mol. The molecule has 0 aliphatic rings. The van der Waals surface area contributed by atoms with E-state index in [-0.39, 0.29) is 31.1 Å². The van der Waals surface area contributed by atoms with Crippen molar-refractivity contribution in [3.05, 3.63) is 36.5 Å². The lowest BCUT2D eigenvalue weighted by molar-refractivity contribution is -0.167. The maximum atomic E-state index is 12.9. The molecule has 0 saturated carbocycles. The first kappa shape index (κ1) is 69.6. The van der Waals surface area contributed by atoms with Crippen molar-refractivity contribution in [1.29, 1.82) is 0 Å². The van der Waals surface area contributed by atoms with Crippen molar-refractivity contribution in [3.63, 3.8) is 0 Å². The highest BCUT2D eigenvalue weighted by molar-refractivity contribution is 5.71. The van der Waals surface area contributed by atoms with Crippen molar-refractivity contribution >= 4 is 17.9 Å². The molecule has 0 rings (SSSR count). The topological polar surface area (TPSA) is 78.9 Å². The molecule has 0 amide bonds. The fourth-order valence-electron chi connectivity index (χ4n) is 9.53. The molecule has 0 saturated heterocycles. The molecule has 0 spiro atoms. The molecule has 0 aromatic carbocycles. The lowest BCUT2D eigenvalue weighted by Gasteiger charge is -2.18. The van der Waals surface area contributed by atoms with E-state index in [1.54, 1.807) is 0 Å². The van der Waals surface area contributed by atoms with Crippen molar-refractivity contribution in [2.24, 2.45) is 0 Å². The standard InChI is InChI=1S/C66H122O6/c1-4-7-10-13-16-19-22-25-28-30-31-32-33-34-35-36-39-41-44-47-50-53-56-59-65(68)71-62-63(61-70-64(67)58-55-52-49-46-43-40-37-27-24-21-18-15-12-9-6-3)72-66(69)60-57-54-51-48-45-42-38-29-26-23-20-17-14-11-8-5-2/h20,23,29-31,38,63H,4-19,21-22,24-28,32-37,39-62H2,1-3H3/b23-20-,31-30-,38-29-. The summed E-state index contributed by atoms with van der Waals surface area (Å²) in [6.45, 7) is 6.67. The highest BCUT2D eigenvalue weighted by Crippen LogP contribution is 2.17. The summed E-state index contributed by atoms with van der Waals surface area (Å²) in [5, 5.41) is 0. The fraction of sp³-hybridized carbons (Fsp3) is 0.864. The molecular formula is C66H122O6. The molecule has 0 aliphatic heterocycles. The van der Waals surface area contributed by atoms with Crippen LogP contribution in [-0.4, -0.2) is 37.2 Å². The molecule has 0 aromatic heterocycles. The maximum absolute atomic E-state index is 12.9. The average molecular weight is 1010 g/mol. The lowest BCUT2D eigenvalue weighted by atomic mass is 10.0. The van der Waals surface area contributed by atoms with Crippen LogP contribution in [0.1, 0.15) is 348 Å². The van der Waals surface area contributed by atoms with Crippen LogP contribution in [0.4, 0.5) is 0 Å². The SMILES string of the molecule is CCCCCC/C=C\C/C=C\CCCCCCCC(=O)OC(COC(=O)CCCCCCCCCCCCC/C=C\CCCCCCCCCC)COC(=O)CCCCCCCCCCCCCCCCC. The summed E-state index contributed by atoms with van der Waals surface area (Å²) in [5.41, 5.74) is 0. The van der Waals surface area contributed by atoms with Gasteiger partial charge in [-0.15, -0.1) is 0 Å². The van der Waals surface area contributed by atoms with Gasteiger partial charge in [0.25, 0.3) is 0 Å². The first-order chi connectivity index (χ1) is 35.5. The van der Waals surface area contributed by atoms with Crippen molar-refractivity contribution in [2.45, 2.75) is 354 Å². The minimum absolute atomic E-state index is 0.0738. The summed E-state index contributed by atoms with van der Waals surface area (Å²) in [6.07, 6.45) is 74.3. The Hall–Kier alpha value is -2.37. The fourth-order valence-corrected chi connectivity index (χ4v) is 9.53. The summed E-state index contributed by atoms with van der Waals surface area (Å²) < 4.78 is 16.9. The molecule has 6 heteroatoms. The van der Waals surface area contributed by atoms with E-state index in [0.29, 0.717) is 19.3 Å². The number of rotatable bonds is 59. The number of esters is 3. The summed E-state index contributed by atoms with van der Waals surface area (Å²) in [5.74, 6) is -0.866. The van der Waals surface area contributed by atoms with Crippen LogP contribution in [0, 0.1) is 0 Å². The Balaban J connectivity index is 4.30. The van der Waals surface area contributed by atoms with Crippen molar-refractivity contribution in [1.82, 2.24) is 0 Å². The van der Waals surface area contributed by atoms with E-state index in [0.717, 1.165) is 83.5 Å². The van der Waals surface area contributed by atoms with Crippen LogP contribution in [0.2, 0.25) is 0 Å². The molecule has 6 nitrogen and oxygen atoms in total. The molecule has 422 valence electrons. The molecule has 0 fully saturated rings. The summed E-state index contributed by atoms with van der Waals surface area (Å²) in [4.78, 5) is 38.3. The van der Waals surface area contributed by atoms with Crippen molar-refractivity contribution in [3.8, 4) is 0 Å². The number of hydrogen-bond donors (Lipinski definition) is 0. The van der Waals surface area contributed by atoms with Crippen LogP contribution >= 0.6 is 0 Å². The van der Waals surface area contributed by atoms with Crippen LogP contribution in [0.5, 0.6) is 0 Å². The third-order valence-corrected chi connectivity index (χ3v) is 14.4. The third-order valence-electron chi connectivity index (χ3n) is 14.4. The van der Waals surface area contributed by atoms with Crippen LogP contribution in [0.3, 0.4) is 0 Å². The molecule has 1 atom stereocenters. The van der Waals surface area contributed by atoms with E-state index in [1.807, 2.05) is 0 Å². The second-order valence-electron chi connectivity index (χ2n) is 21.7. The Kier molecular flexibility index (Phi) is 59.2. The molecule has 0 radical (unpaired) electrons. The van der Waals surface area contributed by atoms with E-state index in [9.17, 15) is 14.4 Å². The second kappa shape index (κ2) is 61.2. The zero-order valence-electron chi connectivity index (χ0n) is 48.5. The second-order valence-corrected chi connectivity index (χ2v) is 21.7. The smallest absolute Gasteiger partial charge is 0.306 e. The number of carbonyl (C=O) groups is 3. The number of ether oxygens (including phenoxy) is 3. The van der Waals surface area contributed by atoms with Gasteiger partial charge in [-0.1, -0.05) is 288 Å². The van der Waals surface area contributed by atoms with E-state index in [1.165, 1.54) is 225 Å². The van der Waals surface area contributed by atoms with Gasteiger partial charge in [0.2, 0.25) is 0 Å². The molecule has 0 heterocycles. The number of hydrogen-bond acceptors (Lipinski definition) is 6. The van der Waals surface area contributed by atoms with Gasteiger partial charge in [0, 0.05) is 19.3 Å². The van der Waals surface area contributed by atoms with Gasteiger partial charge >= 0.3 is 17.9 Å². The van der Waals surface area contributed by atoms with Gasteiger partial charge < -0.3 is 14.2 Å². The Morgan fingerprint density at radius 3 is 0.792 bits per heavy atom. The maximum Gasteiger partial charge on any atom is 0.306 e. The quantitative estimate of drug-likeness (QED) is 0.0261. The largest absolute Gasteiger partial charge is 0.462 e. The highest BCUT2D eigenvalue weighted by Gasteiger charge is 2.19.